The van der Waals surface area contributed by atoms with Crippen molar-refractivity contribution < 1.29 is 4.76 Å². The average Bonchev–Trinajstić information content (AvgIpc) is 2.23. The average molecular weight is 210 g/mol. The molecule has 0 fully saturated rings. The molecule has 1 atom stereocenters. The fourth-order valence-electron chi connectivity index (χ4n) is 1.57. The number of para-hydroxylation sites is 1. The summed E-state index contributed by atoms with van der Waals surface area (Å²) in [5.74, 6) is 0.542. The summed E-state index contributed by atoms with van der Waals surface area (Å²) in [5, 5.41) is 0. The van der Waals surface area contributed by atoms with Crippen molar-refractivity contribution in [2.75, 3.05) is 5.88 Å². The number of rotatable bonds is 1. The maximum absolute atomic E-state index is 11.6. The third-order valence-electron chi connectivity index (χ3n) is 2.36. The molecule has 72 valence electrons. The molecule has 1 aromatic rings. The van der Waals surface area contributed by atoms with E-state index in [1.165, 1.54) is 0 Å². The number of hydrogen-bond donors (Lipinski definition) is 0. The Kier molecular flexibility index (Phi) is 2.33. The molecular formula is C10H10ClN2O+. The van der Waals surface area contributed by atoms with Crippen molar-refractivity contribution in [2.24, 2.45) is 4.99 Å². The van der Waals surface area contributed by atoms with Gasteiger partial charge in [0.25, 0.3) is 0 Å². The number of nitroso groups, excluding NO2 is 1. The third-order valence-corrected chi connectivity index (χ3v) is 2.60. The Labute approximate surface area is 87.0 Å². The zero-order valence-electron chi connectivity index (χ0n) is 7.77. The van der Waals surface area contributed by atoms with Crippen molar-refractivity contribution in [3.8, 4) is 0 Å². The van der Waals surface area contributed by atoms with E-state index < -0.39 is 0 Å². The highest BCUT2D eigenvalue weighted by atomic mass is 35.5. The highest BCUT2D eigenvalue weighted by Gasteiger charge is 2.33. The molecule has 2 rings (SSSR count). The van der Waals surface area contributed by atoms with Gasteiger partial charge < -0.3 is 0 Å². The van der Waals surface area contributed by atoms with Gasteiger partial charge in [0.15, 0.2) is 11.7 Å². The van der Waals surface area contributed by atoms with Crippen LogP contribution in [0.4, 0.5) is 5.69 Å². The van der Waals surface area contributed by atoms with Crippen LogP contribution in [0.1, 0.15) is 18.5 Å². The molecule has 1 aliphatic rings. The number of aliphatic imine (C=N–C) groups is 1. The second-order valence-electron chi connectivity index (χ2n) is 3.22. The second kappa shape index (κ2) is 3.50. The van der Waals surface area contributed by atoms with Crippen molar-refractivity contribution in [3.63, 3.8) is 0 Å². The van der Waals surface area contributed by atoms with Crippen LogP contribution >= 0.6 is 11.6 Å². The normalized spacial score (nSPS) is 20.3. The Morgan fingerprint density at radius 3 is 2.93 bits per heavy atom. The molecule has 3 nitrogen and oxygen atoms in total. The number of nitrogens with zero attached hydrogens (tertiary/aromatic N) is 2. The van der Waals surface area contributed by atoms with Crippen molar-refractivity contribution in [3.05, 3.63) is 34.7 Å². The van der Waals surface area contributed by atoms with Crippen molar-refractivity contribution in [2.45, 2.75) is 13.0 Å². The maximum atomic E-state index is 11.6. The minimum absolute atomic E-state index is 0.155. The maximum Gasteiger partial charge on any atom is 0.352 e. The van der Waals surface area contributed by atoms with E-state index in [1.807, 2.05) is 31.2 Å². The molecule has 0 N–H and O–H groups in total. The summed E-state index contributed by atoms with van der Waals surface area (Å²) < 4.78 is 0.870. The van der Waals surface area contributed by atoms with Crippen LogP contribution in [0.2, 0.25) is 0 Å². The molecule has 1 unspecified atom stereocenters. The number of benzene rings is 1. The SMILES string of the molecule is CC1c2ccccc2N=C(CCl)[N+]1=O. The van der Waals surface area contributed by atoms with Gasteiger partial charge in [0.05, 0.1) is 5.56 Å². The Hall–Kier alpha value is -1.22. The molecule has 0 aromatic heterocycles. The largest absolute Gasteiger partial charge is 0.352 e. The van der Waals surface area contributed by atoms with E-state index in [0.29, 0.717) is 5.84 Å². The number of amidine groups is 1. The summed E-state index contributed by atoms with van der Waals surface area (Å²) in [7, 11) is 0. The molecule has 0 bridgehead atoms. The Balaban J connectivity index is 2.57. The number of hydrogen-bond acceptors (Lipinski definition) is 2. The van der Waals surface area contributed by atoms with Gasteiger partial charge in [0, 0.05) is 0 Å². The van der Waals surface area contributed by atoms with E-state index in [0.717, 1.165) is 16.0 Å². The molecule has 1 heterocycles. The van der Waals surface area contributed by atoms with E-state index >= 15 is 0 Å². The van der Waals surface area contributed by atoms with Gasteiger partial charge in [-0.15, -0.1) is 11.6 Å². The first-order valence-electron chi connectivity index (χ1n) is 4.43. The predicted octanol–water partition coefficient (Wildman–Crippen LogP) is 2.81. The van der Waals surface area contributed by atoms with Gasteiger partial charge in [-0.05, 0) is 22.7 Å². The van der Waals surface area contributed by atoms with E-state index in [9.17, 15) is 4.91 Å². The summed E-state index contributed by atoms with van der Waals surface area (Å²) in [4.78, 5) is 15.8. The number of halogens is 1. The van der Waals surface area contributed by atoms with E-state index in [4.69, 9.17) is 11.6 Å². The smallest absolute Gasteiger partial charge is 0.113 e. The van der Waals surface area contributed by atoms with Gasteiger partial charge in [-0.25, -0.2) is 0 Å². The molecule has 0 aliphatic carbocycles. The molecule has 0 spiro atoms. The van der Waals surface area contributed by atoms with Crippen LogP contribution in [0.5, 0.6) is 0 Å². The lowest BCUT2D eigenvalue weighted by molar-refractivity contribution is -0.480. The van der Waals surface area contributed by atoms with Gasteiger partial charge >= 0.3 is 5.84 Å². The van der Waals surface area contributed by atoms with Crippen LogP contribution in [-0.4, -0.2) is 16.5 Å². The first-order valence-corrected chi connectivity index (χ1v) is 4.96. The van der Waals surface area contributed by atoms with Gasteiger partial charge in [0.1, 0.15) is 5.88 Å². The molecule has 0 saturated heterocycles. The zero-order chi connectivity index (χ0) is 10.1. The van der Waals surface area contributed by atoms with Crippen molar-refractivity contribution in [1.29, 1.82) is 0 Å². The van der Waals surface area contributed by atoms with E-state index in [1.54, 1.807) is 0 Å². The number of fused-ring (bicyclic) bond motifs is 1. The van der Waals surface area contributed by atoms with Crippen LogP contribution in [0.25, 0.3) is 0 Å². The summed E-state index contributed by atoms with van der Waals surface area (Å²) >= 11 is 5.63. The highest BCUT2D eigenvalue weighted by Crippen LogP contribution is 2.31. The first-order chi connectivity index (χ1) is 6.74. The van der Waals surface area contributed by atoms with Gasteiger partial charge in [-0.1, -0.05) is 23.1 Å². The van der Waals surface area contributed by atoms with Crippen LogP contribution in [0.15, 0.2) is 29.3 Å². The topological polar surface area (TPSA) is 32.4 Å². The van der Waals surface area contributed by atoms with Crippen molar-refractivity contribution in [1.82, 2.24) is 0 Å². The molecular weight excluding hydrogens is 200 g/mol. The fourth-order valence-corrected chi connectivity index (χ4v) is 1.75. The van der Waals surface area contributed by atoms with Gasteiger partial charge in [-0.2, -0.15) is 0 Å². The minimum Gasteiger partial charge on any atom is -0.113 e. The fraction of sp³-hybridized carbons (Fsp3) is 0.300. The molecule has 1 aromatic carbocycles. The van der Waals surface area contributed by atoms with E-state index in [-0.39, 0.29) is 11.9 Å². The number of alkyl halides is 1. The molecule has 0 radical (unpaired) electrons. The lowest BCUT2D eigenvalue weighted by atomic mass is 10.0. The Morgan fingerprint density at radius 1 is 1.50 bits per heavy atom. The zero-order valence-corrected chi connectivity index (χ0v) is 8.53. The monoisotopic (exact) mass is 209 g/mol. The standard InChI is InChI=1S/C10H10ClN2O/c1-7-8-4-2-3-5-9(8)12-10(6-11)13(7)14/h2-5,7H,6H2,1H3/q+1. The minimum atomic E-state index is -0.197. The molecule has 1 aliphatic heterocycles. The first kappa shape index (κ1) is 9.34. The van der Waals surface area contributed by atoms with Crippen LogP contribution in [-0.2, 0) is 0 Å². The van der Waals surface area contributed by atoms with Crippen LogP contribution in [0.3, 0.4) is 0 Å². The summed E-state index contributed by atoms with van der Waals surface area (Å²) in [6, 6.07) is 7.42. The lowest BCUT2D eigenvalue weighted by Gasteiger charge is -2.12. The van der Waals surface area contributed by atoms with Crippen LogP contribution in [0, 0.1) is 4.91 Å². The third kappa shape index (κ3) is 1.34. The van der Waals surface area contributed by atoms with Gasteiger partial charge in [-0.3, -0.25) is 0 Å². The molecule has 14 heavy (non-hydrogen) atoms. The molecule has 0 saturated carbocycles. The quantitative estimate of drug-likeness (QED) is 0.517. The summed E-state index contributed by atoms with van der Waals surface area (Å²) in [5.41, 5.74) is 1.80. The Bertz CT molecular complexity index is 414. The Morgan fingerprint density at radius 2 is 2.21 bits per heavy atom. The van der Waals surface area contributed by atoms with Gasteiger partial charge in [0.2, 0.25) is 0 Å². The second-order valence-corrected chi connectivity index (χ2v) is 3.49. The predicted molar refractivity (Wildman–Crippen MR) is 56.3 cm³/mol. The van der Waals surface area contributed by atoms with Crippen LogP contribution < -0.4 is 0 Å². The lowest BCUT2D eigenvalue weighted by Crippen LogP contribution is -2.25. The summed E-state index contributed by atoms with van der Waals surface area (Å²) in [6.45, 7) is 1.85. The molecule has 4 heteroatoms. The molecule has 0 amide bonds. The van der Waals surface area contributed by atoms with E-state index in [2.05, 4.69) is 4.99 Å². The summed E-state index contributed by atoms with van der Waals surface area (Å²) in [6.07, 6.45) is 0. The van der Waals surface area contributed by atoms with Crippen molar-refractivity contribution >= 4 is 23.1 Å². The highest BCUT2D eigenvalue weighted by molar-refractivity contribution is 6.27.